The zero-order valence-electron chi connectivity index (χ0n) is 17.4. The Hall–Kier alpha value is -1.09. The number of nitrogens with zero attached hydrogens (tertiary/aromatic N) is 2. The summed E-state index contributed by atoms with van der Waals surface area (Å²) < 4.78 is 42.7. The number of fused-ring (bicyclic) bond motifs is 1. The van der Waals surface area contributed by atoms with Crippen molar-refractivity contribution in [3.8, 4) is 0 Å². The lowest BCUT2D eigenvalue weighted by atomic mass is 9.91. The molecule has 5 nitrogen and oxygen atoms in total. The monoisotopic (exact) mass is 423 g/mol. The maximum atomic E-state index is 12.4. The Balaban J connectivity index is 1.91. The average molecular weight is 424 g/mol. The van der Waals surface area contributed by atoms with E-state index in [-0.39, 0.29) is 11.8 Å². The van der Waals surface area contributed by atoms with Gasteiger partial charge in [0.2, 0.25) is 0 Å². The molecule has 162 valence electrons. The standard InChI is InChI=1S/C19H32F3N3O2S/c1-6-13(16(23-5)28-8-7-19(20,21)22)9-24-10-14-11-25(12-15(14)24)17(26)27-18(2,3)4/h14-15,23H,6-12H2,1-5H3/b16-13+. The second-order valence-corrected chi connectivity index (χ2v) is 9.50. The lowest BCUT2D eigenvalue weighted by Gasteiger charge is -2.44. The van der Waals surface area contributed by atoms with Crippen molar-refractivity contribution < 1.29 is 22.7 Å². The van der Waals surface area contributed by atoms with Crippen LogP contribution in [0.2, 0.25) is 0 Å². The van der Waals surface area contributed by atoms with Gasteiger partial charge in [-0.15, -0.1) is 11.8 Å². The van der Waals surface area contributed by atoms with Gasteiger partial charge < -0.3 is 15.0 Å². The van der Waals surface area contributed by atoms with E-state index in [1.54, 1.807) is 11.9 Å². The van der Waals surface area contributed by atoms with Crippen LogP contribution in [-0.2, 0) is 4.74 Å². The molecule has 2 saturated heterocycles. The highest BCUT2D eigenvalue weighted by Crippen LogP contribution is 2.35. The van der Waals surface area contributed by atoms with Crippen LogP contribution in [0.5, 0.6) is 0 Å². The number of hydrogen-bond donors (Lipinski definition) is 1. The largest absolute Gasteiger partial charge is 0.444 e. The van der Waals surface area contributed by atoms with Crippen molar-refractivity contribution in [2.75, 3.05) is 39.0 Å². The minimum atomic E-state index is -4.13. The number of amides is 1. The number of carbonyl (C=O) groups is 1. The topological polar surface area (TPSA) is 44.8 Å². The van der Waals surface area contributed by atoms with Gasteiger partial charge in [-0.1, -0.05) is 6.92 Å². The highest BCUT2D eigenvalue weighted by molar-refractivity contribution is 8.03. The van der Waals surface area contributed by atoms with Crippen molar-refractivity contribution in [1.82, 2.24) is 15.1 Å². The van der Waals surface area contributed by atoms with Gasteiger partial charge >= 0.3 is 12.3 Å². The molecule has 2 heterocycles. The third-order valence-electron chi connectivity index (χ3n) is 5.00. The van der Waals surface area contributed by atoms with Crippen molar-refractivity contribution >= 4 is 17.9 Å². The number of nitrogens with one attached hydrogen (secondary N) is 1. The quantitative estimate of drug-likeness (QED) is 0.669. The van der Waals surface area contributed by atoms with Crippen LogP contribution in [0.4, 0.5) is 18.0 Å². The first kappa shape index (κ1) is 23.2. The molecular formula is C19H32F3N3O2S. The Morgan fingerprint density at radius 3 is 2.43 bits per heavy atom. The van der Waals surface area contributed by atoms with Gasteiger partial charge in [0.15, 0.2) is 0 Å². The summed E-state index contributed by atoms with van der Waals surface area (Å²) in [7, 11) is 1.75. The van der Waals surface area contributed by atoms with Crippen LogP contribution < -0.4 is 5.32 Å². The minimum absolute atomic E-state index is 0.0155. The molecule has 2 aliphatic rings. The Morgan fingerprint density at radius 2 is 1.89 bits per heavy atom. The molecule has 2 aliphatic heterocycles. The van der Waals surface area contributed by atoms with Crippen LogP contribution in [0.3, 0.4) is 0 Å². The zero-order chi connectivity index (χ0) is 21.1. The molecule has 0 radical (unpaired) electrons. The van der Waals surface area contributed by atoms with Gasteiger partial charge in [-0.2, -0.15) is 13.2 Å². The van der Waals surface area contributed by atoms with Crippen LogP contribution in [0.25, 0.3) is 0 Å². The Morgan fingerprint density at radius 1 is 1.21 bits per heavy atom. The van der Waals surface area contributed by atoms with E-state index in [4.69, 9.17) is 4.74 Å². The van der Waals surface area contributed by atoms with Gasteiger partial charge in [-0.05, 0) is 32.8 Å². The molecule has 0 aliphatic carbocycles. The molecule has 28 heavy (non-hydrogen) atoms. The fourth-order valence-corrected chi connectivity index (χ4v) is 4.71. The summed E-state index contributed by atoms with van der Waals surface area (Å²) in [6.45, 7) is 10.6. The first-order valence-corrected chi connectivity index (χ1v) is 10.7. The summed E-state index contributed by atoms with van der Waals surface area (Å²) in [6, 6.07) is 0.298. The van der Waals surface area contributed by atoms with Crippen molar-refractivity contribution in [1.29, 1.82) is 0 Å². The first-order valence-electron chi connectivity index (χ1n) is 9.74. The van der Waals surface area contributed by atoms with Gasteiger partial charge in [0, 0.05) is 50.9 Å². The fourth-order valence-electron chi connectivity index (χ4n) is 3.61. The van der Waals surface area contributed by atoms with Crippen LogP contribution in [-0.4, -0.2) is 72.7 Å². The number of ether oxygens (including phenoxy) is 1. The van der Waals surface area contributed by atoms with E-state index in [1.165, 1.54) is 11.8 Å². The van der Waals surface area contributed by atoms with Crippen LogP contribution in [0.1, 0.15) is 40.5 Å². The van der Waals surface area contributed by atoms with Crippen molar-refractivity contribution in [2.24, 2.45) is 5.92 Å². The molecule has 0 aromatic carbocycles. The maximum Gasteiger partial charge on any atom is 0.410 e. The molecule has 2 rings (SSSR count). The highest BCUT2D eigenvalue weighted by atomic mass is 32.2. The zero-order valence-corrected chi connectivity index (χ0v) is 18.2. The average Bonchev–Trinajstić information content (AvgIpc) is 2.88. The highest BCUT2D eigenvalue weighted by Gasteiger charge is 2.47. The van der Waals surface area contributed by atoms with Gasteiger partial charge in [0.25, 0.3) is 0 Å². The van der Waals surface area contributed by atoms with Crippen LogP contribution >= 0.6 is 11.8 Å². The number of halogens is 3. The molecule has 0 aromatic rings. The van der Waals surface area contributed by atoms with Gasteiger partial charge in [0.1, 0.15) is 5.60 Å². The number of alkyl halides is 3. The van der Waals surface area contributed by atoms with Gasteiger partial charge in [-0.3, -0.25) is 4.90 Å². The summed E-state index contributed by atoms with van der Waals surface area (Å²) in [5, 5.41) is 3.90. The number of carbonyl (C=O) groups excluding carboxylic acids is 1. The van der Waals surface area contributed by atoms with Crippen molar-refractivity contribution in [3.05, 3.63) is 10.6 Å². The summed E-state index contributed by atoms with van der Waals surface area (Å²) in [4.78, 5) is 16.4. The predicted octanol–water partition coefficient (Wildman–Crippen LogP) is 4.06. The third kappa shape index (κ3) is 6.47. The smallest absolute Gasteiger partial charge is 0.410 e. The molecule has 2 atom stereocenters. The van der Waals surface area contributed by atoms with E-state index >= 15 is 0 Å². The Bertz CT molecular complexity index is 590. The van der Waals surface area contributed by atoms with Crippen LogP contribution in [0.15, 0.2) is 10.6 Å². The lowest BCUT2D eigenvalue weighted by Crippen LogP contribution is -2.56. The summed E-state index contributed by atoms with van der Waals surface area (Å²) in [6.07, 6.45) is -4.41. The molecule has 0 saturated carbocycles. The van der Waals surface area contributed by atoms with Crippen molar-refractivity contribution in [2.45, 2.75) is 58.4 Å². The number of rotatable bonds is 7. The molecule has 0 spiro atoms. The normalized spacial score (nSPS) is 23.8. The first-order chi connectivity index (χ1) is 12.9. The molecule has 0 bridgehead atoms. The molecule has 9 heteroatoms. The summed E-state index contributed by atoms with van der Waals surface area (Å²) in [5.74, 6) is 0.461. The molecule has 0 aromatic heterocycles. The minimum Gasteiger partial charge on any atom is -0.444 e. The van der Waals surface area contributed by atoms with Gasteiger partial charge in [0.05, 0.1) is 11.4 Å². The molecule has 2 unspecified atom stereocenters. The number of thioether (sulfide) groups is 1. The third-order valence-corrected chi connectivity index (χ3v) is 6.19. The Kier molecular flexibility index (Phi) is 7.58. The number of hydrogen-bond acceptors (Lipinski definition) is 5. The maximum absolute atomic E-state index is 12.4. The predicted molar refractivity (Wildman–Crippen MR) is 106 cm³/mol. The van der Waals surface area contributed by atoms with Gasteiger partial charge in [-0.25, -0.2) is 4.79 Å². The number of likely N-dealkylation sites (tertiary alicyclic amines) is 2. The summed E-state index contributed by atoms with van der Waals surface area (Å²) in [5.41, 5.74) is 0.607. The fraction of sp³-hybridized carbons (Fsp3) is 0.842. The Labute approximate surface area is 170 Å². The molecule has 2 fully saturated rings. The SMILES string of the molecule is CC/C(CN1CC2CN(C(=O)OC(C)(C)C)CC21)=C(/NC)SCCC(F)(F)F. The van der Waals surface area contributed by atoms with Crippen LogP contribution in [0, 0.1) is 5.92 Å². The second kappa shape index (κ2) is 9.15. The van der Waals surface area contributed by atoms with E-state index in [9.17, 15) is 18.0 Å². The van der Waals surface area contributed by atoms with E-state index in [1.807, 2.05) is 27.7 Å². The van der Waals surface area contributed by atoms with E-state index < -0.39 is 18.2 Å². The van der Waals surface area contributed by atoms with E-state index in [2.05, 4.69) is 10.2 Å². The van der Waals surface area contributed by atoms with E-state index in [0.29, 0.717) is 25.0 Å². The second-order valence-electron chi connectivity index (χ2n) is 8.39. The lowest BCUT2D eigenvalue weighted by molar-refractivity contribution is -0.129. The molecular weight excluding hydrogens is 391 g/mol. The van der Waals surface area contributed by atoms with Crippen molar-refractivity contribution in [3.63, 3.8) is 0 Å². The summed E-state index contributed by atoms with van der Waals surface area (Å²) >= 11 is 1.23. The molecule has 1 N–H and O–H groups in total. The van der Waals surface area contributed by atoms with E-state index in [0.717, 1.165) is 30.1 Å². The molecule has 1 amide bonds.